The van der Waals surface area contributed by atoms with Crippen LogP contribution in [0.25, 0.3) is 0 Å². The molecule has 1 fully saturated rings. The van der Waals surface area contributed by atoms with E-state index in [4.69, 9.17) is 0 Å². The summed E-state index contributed by atoms with van der Waals surface area (Å²) in [6, 6.07) is 4.91. The van der Waals surface area contributed by atoms with Crippen molar-refractivity contribution in [1.29, 1.82) is 0 Å². The predicted molar refractivity (Wildman–Crippen MR) is 58.2 cm³/mol. The normalized spacial score (nSPS) is 16.2. The molecule has 2 heteroatoms. The summed E-state index contributed by atoms with van der Waals surface area (Å²) in [5.41, 5.74) is 2.56. The Bertz CT molecular complexity index is 286. The summed E-state index contributed by atoms with van der Waals surface area (Å²) >= 11 is 0. The predicted octanol–water partition coefficient (Wildman–Crippen LogP) is 2.46. The van der Waals surface area contributed by atoms with Gasteiger partial charge in [0.15, 0.2) is 0 Å². The van der Waals surface area contributed by atoms with Crippen LogP contribution in [0.1, 0.15) is 43.9 Å². The van der Waals surface area contributed by atoms with Crippen LogP contribution in [-0.2, 0) is 6.54 Å². The lowest BCUT2D eigenvalue weighted by Crippen LogP contribution is -2.21. The van der Waals surface area contributed by atoms with Crippen LogP contribution in [0.15, 0.2) is 18.3 Å². The molecule has 14 heavy (non-hydrogen) atoms. The van der Waals surface area contributed by atoms with Crippen molar-refractivity contribution in [1.82, 2.24) is 10.3 Å². The van der Waals surface area contributed by atoms with E-state index in [2.05, 4.69) is 36.3 Å². The van der Waals surface area contributed by atoms with Crippen LogP contribution in [0.4, 0.5) is 0 Å². The maximum atomic E-state index is 4.48. The summed E-state index contributed by atoms with van der Waals surface area (Å²) in [5.74, 6) is 0.766. The van der Waals surface area contributed by atoms with Crippen LogP contribution >= 0.6 is 0 Å². The van der Waals surface area contributed by atoms with Crippen LogP contribution in [-0.4, -0.2) is 11.0 Å². The molecule has 1 aliphatic rings. The fourth-order valence-electron chi connectivity index (χ4n) is 1.48. The third kappa shape index (κ3) is 2.55. The minimum absolute atomic E-state index is 0.540. The molecule has 1 aromatic heterocycles. The molecule has 2 nitrogen and oxygen atoms in total. The van der Waals surface area contributed by atoms with Crippen LogP contribution in [0.2, 0.25) is 0 Å². The van der Waals surface area contributed by atoms with Crippen molar-refractivity contribution < 1.29 is 0 Å². The van der Waals surface area contributed by atoms with E-state index in [1.54, 1.807) is 0 Å². The third-order valence-corrected chi connectivity index (χ3v) is 2.56. The van der Waals surface area contributed by atoms with Gasteiger partial charge >= 0.3 is 0 Å². The van der Waals surface area contributed by atoms with Crippen molar-refractivity contribution in [3.05, 3.63) is 29.6 Å². The highest BCUT2D eigenvalue weighted by atomic mass is 14.9. The lowest BCUT2D eigenvalue weighted by molar-refractivity contribution is 0.587. The summed E-state index contributed by atoms with van der Waals surface area (Å²) < 4.78 is 0. The van der Waals surface area contributed by atoms with E-state index >= 15 is 0 Å². The van der Waals surface area contributed by atoms with Gasteiger partial charge in [-0.3, -0.25) is 4.98 Å². The number of hydrogen-bond acceptors (Lipinski definition) is 2. The molecule has 0 aromatic carbocycles. The average Bonchev–Trinajstić information content (AvgIpc) is 2.99. The quantitative estimate of drug-likeness (QED) is 0.789. The highest BCUT2D eigenvalue weighted by molar-refractivity contribution is 5.19. The Balaban J connectivity index is 1.92. The molecule has 0 amide bonds. The van der Waals surface area contributed by atoms with Gasteiger partial charge in [0.1, 0.15) is 0 Å². The molecule has 1 N–H and O–H groups in total. The van der Waals surface area contributed by atoms with Gasteiger partial charge in [-0.15, -0.1) is 0 Å². The molecule has 0 saturated heterocycles. The molecule has 2 rings (SSSR count). The Hall–Kier alpha value is -0.890. The Labute approximate surface area is 85.7 Å². The second-order valence-electron chi connectivity index (χ2n) is 4.40. The van der Waals surface area contributed by atoms with E-state index in [0.717, 1.165) is 12.5 Å². The summed E-state index contributed by atoms with van der Waals surface area (Å²) in [5, 5.41) is 3.39. The molecule has 0 radical (unpaired) electrons. The molecule has 0 bridgehead atoms. The van der Waals surface area contributed by atoms with Gasteiger partial charge in [-0.1, -0.05) is 19.9 Å². The Morgan fingerprint density at radius 1 is 1.43 bits per heavy atom. The van der Waals surface area contributed by atoms with E-state index in [1.165, 1.54) is 24.1 Å². The van der Waals surface area contributed by atoms with Crippen molar-refractivity contribution in [3.8, 4) is 0 Å². The van der Waals surface area contributed by atoms with Gasteiger partial charge in [-0.25, -0.2) is 0 Å². The van der Waals surface area contributed by atoms with Gasteiger partial charge in [-0.2, -0.15) is 0 Å². The van der Waals surface area contributed by atoms with Gasteiger partial charge in [0.25, 0.3) is 0 Å². The van der Waals surface area contributed by atoms with Crippen molar-refractivity contribution in [2.24, 2.45) is 0 Å². The fraction of sp³-hybridized carbons (Fsp3) is 0.583. The molecule has 1 heterocycles. The second-order valence-corrected chi connectivity index (χ2v) is 4.40. The lowest BCUT2D eigenvalue weighted by Gasteiger charge is -2.07. The van der Waals surface area contributed by atoms with Crippen molar-refractivity contribution in [3.63, 3.8) is 0 Å². The maximum absolute atomic E-state index is 4.48. The van der Waals surface area contributed by atoms with Crippen LogP contribution < -0.4 is 5.32 Å². The summed E-state index contributed by atoms with van der Waals surface area (Å²) in [6.45, 7) is 5.24. The third-order valence-electron chi connectivity index (χ3n) is 2.56. The van der Waals surface area contributed by atoms with Gasteiger partial charge in [0.05, 0.1) is 0 Å². The lowest BCUT2D eigenvalue weighted by atomic mass is 10.2. The highest BCUT2D eigenvalue weighted by Gasteiger charge is 2.24. The molecule has 1 aromatic rings. The highest BCUT2D eigenvalue weighted by Crippen LogP contribution is 2.38. The minimum atomic E-state index is 0.540. The van der Waals surface area contributed by atoms with E-state index in [1.807, 2.05) is 6.20 Å². The van der Waals surface area contributed by atoms with E-state index in [0.29, 0.717) is 6.04 Å². The van der Waals surface area contributed by atoms with Crippen molar-refractivity contribution >= 4 is 0 Å². The zero-order chi connectivity index (χ0) is 9.97. The molecule has 0 atom stereocenters. The fourth-order valence-corrected chi connectivity index (χ4v) is 1.48. The van der Waals surface area contributed by atoms with Crippen LogP contribution in [0, 0.1) is 0 Å². The average molecular weight is 190 g/mol. The Morgan fingerprint density at radius 2 is 2.21 bits per heavy atom. The SMILES string of the molecule is CC(C)NCc1ccc(C2CC2)nc1. The van der Waals surface area contributed by atoms with Gasteiger partial charge in [0, 0.05) is 30.4 Å². The first kappa shape index (κ1) is 9.66. The number of aromatic nitrogens is 1. The number of pyridine rings is 1. The van der Waals surface area contributed by atoms with Gasteiger partial charge < -0.3 is 5.32 Å². The van der Waals surface area contributed by atoms with E-state index in [9.17, 15) is 0 Å². The van der Waals surface area contributed by atoms with Crippen LogP contribution in [0.5, 0.6) is 0 Å². The van der Waals surface area contributed by atoms with Gasteiger partial charge in [-0.05, 0) is 24.5 Å². The van der Waals surface area contributed by atoms with Crippen LogP contribution in [0.3, 0.4) is 0 Å². The molecule has 0 spiro atoms. The van der Waals surface area contributed by atoms with E-state index < -0.39 is 0 Å². The zero-order valence-corrected chi connectivity index (χ0v) is 8.96. The number of nitrogens with zero attached hydrogens (tertiary/aromatic N) is 1. The molecule has 1 aliphatic carbocycles. The summed E-state index contributed by atoms with van der Waals surface area (Å²) in [6.07, 6.45) is 4.66. The monoisotopic (exact) mass is 190 g/mol. The van der Waals surface area contributed by atoms with Crippen molar-refractivity contribution in [2.75, 3.05) is 0 Å². The molecule has 0 aliphatic heterocycles. The summed E-state index contributed by atoms with van der Waals surface area (Å²) in [7, 11) is 0. The number of nitrogens with one attached hydrogen (secondary N) is 1. The largest absolute Gasteiger partial charge is 0.310 e. The molecular formula is C12H18N2. The van der Waals surface area contributed by atoms with E-state index in [-0.39, 0.29) is 0 Å². The molecule has 0 unspecified atom stereocenters. The number of rotatable bonds is 4. The Kier molecular flexibility index (Phi) is 2.82. The first-order valence-electron chi connectivity index (χ1n) is 5.44. The maximum Gasteiger partial charge on any atom is 0.0434 e. The van der Waals surface area contributed by atoms with Crippen molar-refractivity contribution in [2.45, 2.75) is 45.2 Å². The number of hydrogen-bond donors (Lipinski definition) is 1. The first-order valence-corrected chi connectivity index (χ1v) is 5.44. The minimum Gasteiger partial charge on any atom is -0.310 e. The summed E-state index contributed by atoms with van der Waals surface area (Å²) in [4.78, 5) is 4.48. The molecular weight excluding hydrogens is 172 g/mol. The molecule has 76 valence electrons. The van der Waals surface area contributed by atoms with Gasteiger partial charge in [0.2, 0.25) is 0 Å². The second kappa shape index (κ2) is 4.09. The standard InChI is InChI=1S/C12H18N2/c1-9(2)13-7-10-3-6-12(14-8-10)11-4-5-11/h3,6,8-9,11,13H,4-5,7H2,1-2H3. The zero-order valence-electron chi connectivity index (χ0n) is 8.96. The smallest absolute Gasteiger partial charge is 0.0434 e. The topological polar surface area (TPSA) is 24.9 Å². The molecule has 1 saturated carbocycles. The first-order chi connectivity index (χ1) is 6.75. The Morgan fingerprint density at radius 3 is 2.71 bits per heavy atom.